The Hall–Kier alpha value is -0.610. The van der Waals surface area contributed by atoms with Crippen LogP contribution in [0.3, 0.4) is 0 Å². The molecule has 0 saturated carbocycles. The maximum atomic E-state index is 11.3. The summed E-state index contributed by atoms with van der Waals surface area (Å²) in [6.07, 6.45) is 4.83. The topological polar surface area (TPSA) is 43.8 Å². The van der Waals surface area contributed by atoms with Crippen LogP contribution < -0.4 is 0 Å². The van der Waals surface area contributed by atoms with E-state index < -0.39 is 5.60 Å². The summed E-state index contributed by atoms with van der Waals surface area (Å²) in [5.41, 5.74) is -0.449. The quantitative estimate of drug-likeness (QED) is 0.802. The zero-order valence-electron chi connectivity index (χ0n) is 11.7. The molecule has 2 saturated heterocycles. The van der Waals surface area contributed by atoms with Crippen LogP contribution in [0.1, 0.15) is 39.0 Å². The number of likely N-dealkylation sites (tertiary alicyclic amines) is 2. The molecule has 2 rings (SSSR count). The van der Waals surface area contributed by atoms with Gasteiger partial charge in [0.05, 0.1) is 5.60 Å². The summed E-state index contributed by atoms with van der Waals surface area (Å²) in [7, 11) is 2.12. The van der Waals surface area contributed by atoms with E-state index in [2.05, 4.69) is 11.9 Å². The highest BCUT2D eigenvalue weighted by molar-refractivity contribution is 5.73. The molecule has 1 N–H and O–H groups in total. The summed E-state index contributed by atoms with van der Waals surface area (Å²) in [4.78, 5) is 15.5. The summed E-state index contributed by atoms with van der Waals surface area (Å²) >= 11 is 0. The summed E-state index contributed by atoms with van der Waals surface area (Å²) in [6.45, 7) is 5.39. The summed E-state index contributed by atoms with van der Waals surface area (Å²) in [6, 6.07) is 0. The molecular formula is C14H26N2O2. The van der Waals surface area contributed by atoms with Gasteiger partial charge in [0.15, 0.2) is 0 Å². The lowest BCUT2D eigenvalue weighted by molar-refractivity contribution is -0.130. The number of carbonyl (C=O) groups is 1. The van der Waals surface area contributed by atoms with Crippen LogP contribution in [-0.4, -0.2) is 59.6 Å². The number of nitrogens with zero attached hydrogens (tertiary/aromatic N) is 2. The first-order valence-corrected chi connectivity index (χ1v) is 7.15. The molecule has 2 fully saturated rings. The molecule has 0 spiro atoms. The molecule has 4 nitrogen and oxygen atoms in total. The third-order valence-corrected chi connectivity index (χ3v) is 4.65. The van der Waals surface area contributed by atoms with Crippen LogP contribution in [0.25, 0.3) is 0 Å². The van der Waals surface area contributed by atoms with Crippen LogP contribution >= 0.6 is 0 Å². The first kappa shape index (κ1) is 13.8. The molecule has 0 unspecified atom stereocenters. The Morgan fingerprint density at radius 3 is 2.28 bits per heavy atom. The van der Waals surface area contributed by atoms with Crippen molar-refractivity contribution in [1.29, 1.82) is 0 Å². The smallest absolute Gasteiger partial charge is 0.219 e. The van der Waals surface area contributed by atoms with E-state index >= 15 is 0 Å². The fraction of sp³-hybridized carbons (Fsp3) is 0.929. The third-order valence-electron chi connectivity index (χ3n) is 4.65. The second-order valence-corrected chi connectivity index (χ2v) is 6.18. The lowest BCUT2D eigenvalue weighted by Gasteiger charge is -2.40. The third kappa shape index (κ3) is 3.45. The van der Waals surface area contributed by atoms with E-state index in [9.17, 15) is 9.90 Å². The van der Waals surface area contributed by atoms with Crippen molar-refractivity contribution in [1.82, 2.24) is 9.80 Å². The van der Waals surface area contributed by atoms with Crippen molar-refractivity contribution in [2.75, 3.05) is 33.2 Å². The van der Waals surface area contributed by atoms with Gasteiger partial charge in [-0.2, -0.15) is 0 Å². The van der Waals surface area contributed by atoms with E-state index in [4.69, 9.17) is 0 Å². The van der Waals surface area contributed by atoms with Crippen molar-refractivity contribution < 1.29 is 9.90 Å². The highest BCUT2D eigenvalue weighted by Gasteiger charge is 2.34. The number of rotatable bonds is 2. The molecule has 0 aromatic rings. The fourth-order valence-corrected chi connectivity index (χ4v) is 3.23. The summed E-state index contributed by atoms with van der Waals surface area (Å²) in [5.74, 6) is 0.778. The number of amides is 1. The second kappa shape index (κ2) is 5.57. The summed E-state index contributed by atoms with van der Waals surface area (Å²) in [5, 5.41) is 10.6. The van der Waals surface area contributed by atoms with E-state index in [-0.39, 0.29) is 5.91 Å². The van der Waals surface area contributed by atoms with Gasteiger partial charge in [-0.25, -0.2) is 0 Å². The normalized spacial score (nSPS) is 26.3. The molecule has 0 radical (unpaired) electrons. The van der Waals surface area contributed by atoms with E-state index in [0.717, 1.165) is 58.3 Å². The Balaban J connectivity index is 1.79. The number of piperidine rings is 2. The van der Waals surface area contributed by atoms with Gasteiger partial charge in [-0.3, -0.25) is 4.79 Å². The van der Waals surface area contributed by atoms with Gasteiger partial charge in [0.1, 0.15) is 0 Å². The lowest BCUT2D eigenvalue weighted by Crippen LogP contribution is -2.45. The van der Waals surface area contributed by atoms with Gasteiger partial charge in [0.2, 0.25) is 5.91 Å². The average molecular weight is 254 g/mol. The highest BCUT2D eigenvalue weighted by atomic mass is 16.3. The van der Waals surface area contributed by atoms with Gasteiger partial charge in [0, 0.05) is 33.1 Å². The molecule has 0 aromatic heterocycles. The monoisotopic (exact) mass is 254 g/mol. The zero-order chi connectivity index (χ0) is 13.2. The minimum absolute atomic E-state index is 0.187. The highest BCUT2D eigenvalue weighted by Crippen LogP contribution is 2.32. The molecule has 0 aromatic carbocycles. The van der Waals surface area contributed by atoms with Crippen molar-refractivity contribution in [3.05, 3.63) is 0 Å². The minimum Gasteiger partial charge on any atom is -0.390 e. The molecule has 0 bridgehead atoms. The minimum atomic E-state index is -0.449. The molecule has 4 heteroatoms. The number of carbonyl (C=O) groups excluding carboxylic acids is 1. The molecular weight excluding hydrogens is 228 g/mol. The van der Waals surface area contributed by atoms with Crippen LogP contribution in [0.15, 0.2) is 0 Å². The SMILES string of the molecule is CC(=O)N1CCC(CC2(O)CCN(C)CC2)CC1. The zero-order valence-corrected chi connectivity index (χ0v) is 11.7. The second-order valence-electron chi connectivity index (χ2n) is 6.18. The Morgan fingerprint density at radius 1 is 1.22 bits per heavy atom. The first-order chi connectivity index (χ1) is 8.48. The average Bonchev–Trinajstić information content (AvgIpc) is 2.34. The molecule has 18 heavy (non-hydrogen) atoms. The maximum absolute atomic E-state index is 11.3. The Labute approximate surface area is 110 Å². The maximum Gasteiger partial charge on any atom is 0.219 e. The van der Waals surface area contributed by atoms with Crippen molar-refractivity contribution in [3.63, 3.8) is 0 Å². The van der Waals surface area contributed by atoms with Crippen LogP contribution in [-0.2, 0) is 4.79 Å². The standard InChI is InChI=1S/C14H26N2O2/c1-12(17)16-7-3-13(4-8-16)11-14(18)5-9-15(2)10-6-14/h13,18H,3-11H2,1-2H3. The van der Waals surface area contributed by atoms with Gasteiger partial charge in [0.25, 0.3) is 0 Å². The molecule has 2 heterocycles. The first-order valence-electron chi connectivity index (χ1n) is 7.15. The Bertz CT molecular complexity index is 290. The summed E-state index contributed by atoms with van der Waals surface area (Å²) < 4.78 is 0. The lowest BCUT2D eigenvalue weighted by atomic mass is 9.79. The molecule has 2 aliphatic heterocycles. The number of hydrogen-bond acceptors (Lipinski definition) is 3. The van der Waals surface area contributed by atoms with Crippen LogP contribution in [0.4, 0.5) is 0 Å². The molecule has 2 aliphatic rings. The van der Waals surface area contributed by atoms with Gasteiger partial charge < -0.3 is 14.9 Å². The van der Waals surface area contributed by atoms with Gasteiger partial charge in [-0.05, 0) is 45.1 Å². The van der Waals surface area contributed by atoms with Gasteiger partial charge in [-0.1, -0.05) is 0 Å². The molecule has 104 valence electrons. The van der Waals surface area contributed by atoms with E-state index in [0.29, 0.717) is 5.92 Å². The van der Waals surface area contributed by atoms with Crippen molar-refractivity contribution in [3.8, 4) is 0 Å². The van der Waals surface area contributed by atoms with Gasteiger partial charge in [-0.15, -0.1) is 0 Å². The predicted octanol–water partition coefficient (Wildman–Crippen LogP) is 1.09. The molecule has 1 amide bonds. The van der Waals surface area contributed by atoms with Crippen molar-refractivity contribution in [2.24, 2.45) is 5.92 Å². The number of hydrogen-bond donors (Lipinski definition) is 1. The number of aliphatic hydroxyl groups is 1. The largest absolute Gasteiger partial charge is 0.390 e. The van der Waals surface area contributed by atoms with Crippen molar-refractivity contribution in [2.45, 2.75) is 44.6 Å². The van der Waals surface area contributed by atoms with Crippen LogP contribution in [0, 0.1) is 5.92 Å². The van der Waals surface area contributed by atoms with Crippen LogP contribution in [0.5, 0.6) is 0 Å². The Morgan fingerprint density at radius 2 is 1.78 bits per heavy atom. The predicted molar refractivity (Wildman–Crippen MR) is 71.3 cm³/mol. The Kier molecular flexibility index (Phi) is 4.28. The molecule has 0 atom stereocenters. The van der Waals surface area contributed by atoms with E-state index in [1.807, 2.05) is 4.90 Å². The fourth-order valence-electron chi connectivity index (χ4n) is 3.23. The van der Waals surface area contributed by atoms with Crippen LogP contribution in [0.2, 0.25) is 0 Å². The van der Waals surface area contributed by atoms with Gasteiger partial charge >= 0.3 is 0 Å². The van der Waals surface area contributed by atoms with E-state index in [1.54, 1.807) is 6.92 Å². The van der Waals surface area contributed by atoms with E-state index in [1.165, 1.54) is 0 Å². The van der Waals surface area contributed by atoms with Crippen molar-refractivity contribution >= 4 is 5.91 Å². The molecule has 0 aliphatic carbocycles.